The van der Waals surface area contributed by atoms with E-state index in [1.165, 1.54) is 5.56 Å². The van der Waals surface area contributed by atoms with Crippen molar-refractivity contribution in [2.45, 2.75) is 13.5 Å². The zero-order valence-corrected chi connectivity index (χ0v) is 14.1. The molecule has 124 valence electrons. The Morgan fingerprint density at radius 3 is 1.95 bits per heavy atom. The van der Waals surface area contributed by atoms with Crippen LogP contribution in [0, 0.1) is 0 Å². The molecule has 22 heavy (non-hydrogen) atoms. The fraction of sp³-hybridized carbons (Fsp3) is 0.375. The number of benzene rings is 1. The molecule has 1 aromatic carbocycles. The summed E-state index contributed by atoms with van der Waals surface area (Å²) in [6.45, 7) is 14.1. The Balaban J connectivity index is 0.000000626. The third-order valence-corrected chi connectivity index (χ3v) is 3.70. The number of rotatable bonds is 8. The summed E-state index contributed by atoms with van der Waals surface area (Å²) >= 11 is 0. The predicted molar refractivity (Wildman–Crippen MR) is 89.6 cm³/mol. The summed E-state index contributed by atoms with van der Waals surface area (Å²) in [5.74, 6) is 0. The maximum absolute atomic E-state index is 9.33. The number of nitrogens with zero attached hydrogens (tertiary/aromatic N) is 1. The van der Waals surface area contributed by atoms with Gasteiger partial charge < -0.3 is 4.48 Å². The molecule has 0 spiro atoms. The lowest BCUT2D eigenvalue weighted by Crippen LogP contribution is -2.47. The third-order valence-electron chi connectivity index (χ3n) is 3.28. The predicted octanol–water partition coefficient (Wildman–Crippen LogP) is 2.83. The summed E-state index contributed by atoms with van der Waals surface area (Å²) in [6, 6.07) is 10.6. The molecule has 0 aliphatic carbocycles. The van der Waals surface area contributed by atoms with Gasteiger partial charge in [-0.1, -0.05) is 43.5 Å². The van der Waals surface area contributed by atoms with E-state index in [1.54, 1.807) is 0 Å². The molecule has 0 saturated heterocycles. The second kappa shape index (κ2) is 10.3. The van der Waals surface area contributed by atoms with E-state index in [0.29, 0.717) is 0 Å². The topological polar surface area (TPSA) is 63.6 Å². The van der Waals surface area contributed by atoms with E-state index in [9.17, 15) is 8.42 Å². The van der Waals surface area contributed by atoms with Gasteiger partial charge in [0.1, 0.15) is 6.54 Å². The first kappa shape index (κ1) is 20.5. The van der Waals surface area contributed by atoms with Gasteiger partial charge in [0.25, 0.3) is 0 Å². The van der Waals surface area contributed by atoms with Gasteiger partial charge in [0.05, 0.1) is 26.7 Å². The van der Waals surface area contributed by atoms with Crippen molar-refractivity contribution >= 4 is 10.4 Å². The van der Waals surface area contributed by atoms with E-state index in [0.717, 1.165) is 37.8 Å². The molecule has 0 radical (unpaired) electrons. The molecular formula is C16H26NO4S+. The standard InChI is InChI=1S/C15H22N.CH4O4S/c1-4-12-16(6-3,13-5-2)14-15-10-8-7-9-11-15;1-5-6(2,3)4/h4-5,7-11H,1-2,6,12-14H2,3H3;1H3,(H,2,3,4)/q+1;. The van der Waals surface area contributed by atoms with Crippen LogP contribution in [0.4, 0.5) is 0 Å². The van der Waals surface area contributed by atoms with E-state index in [2.05, 4.69) is 54.6 Å². The largest absolute Gasteiger partial charge is 0.397 e. The van der Waals surface area contributed by atoms with Crippen LogP contribution >= 0.6 is 0 Å². The number of hydrogen-bond acceptors (Lipinski definition) is 3. The number of likely N-dealkylation sites (N-methyl/N-ethyl adjacent to an activating group) is 1. The van der Waals surface area contributed by atoms with E-state index in [-0.39, 0.29) is 0 Å². The Morgan fingerprint density at radius 2 is 1.64 bits per heavy atom. The lowest BCUT2D eigenvalue weighted by Gasteiger charge is -2.36. The molecular weight excluding hydrogens is 302 g/mol. The van der Waals surface area contributed by atoms with Crippen LogP contribution < -0.4 is 0 Å². The maximum atomic E-state index is 9.33. The average molecular weight is 328 g/mol. The van der Waals surface area contributed by atoms with Crippen molar-refractivity contribution in [1.82, 2.24) is 0 Å². The molecule has 0 amide bonds. The lowest BCUT2D eigenvalue weighted by molar-refractivity contribution is -0.928. The van der Waals surface area contributed by atoms with Gasteiger partial charge in [0, 0.05) is 5.56 Å². The van der Waals surface area contributed by atoms with Gasteiger partial charge in [0.2, 0.25) is 0 Å². The highest BCUT2D eigenvalue weighted by atomic mass is 32.3. The molecule has 0 aliphatic heterocycles. The van der Waals surface area contributed by atoms with Crippen molar-refractivity contribution < 1.29 is 21.6 Å². The first-order valence-electron chi connectivity index (χ1n) is 6.96. The van der Waals surface area contributed by atoms with Gasteiger partial charge in [-0.15, -0.1) is 0 Å². The number of quaternary nitrogens is 1. The van der Waals surface area contributed by atoms with Crippen LogP contribution in [0.5, 0.6) is 0 Å². The average Bonchev–Trinajstić information content (AvgIpc) is 2.48. The van der Waals surface area contributed by atoms with Crippen LogP contribution in [0.3, 0.4) is 0 Å². The molecule has 1 N–H and O–H groups in total. The maximum Gasteiger partial charge on any atom is 0.397 e. The molecule has 0 atom stereocenters. The van der Waals surface area contributed by atoms with Gasteiger partial charge in [0.15, 0.2) is 0 Å². The Hall–Kier alpha value is -1.47. The Bertz CT molecular complexity index is 531. The van der Waals surface area contributed by atoms with Crippen molar-refractivity contribution in [2.24, 2.45) is 0 Å². The van der Waals surface area contributed by atoms with E-state index >= 15 is 0 Å². The Labute approximate surface area is 134 Å². The molecule has 0 aromatic heterocycles. The monoisotopic (exact) mass is 328 g/mol. The molecule has 0 heterocycles. The molecule has 0 saturated carbocycles. The van der Waals surface area contributed by atoms with Crippen molar-refractivity contribution in [3.8, 4) is 0 Å². The normalized spacial score (nSPS) is 11.2. The minimum atomic E-state index is -4.16. The minimum absolute atomic E-state index is 0.870. The van der Waals surface area contributed by atoms with Gasteiger partial charge in [-0.25, -0.2) is 0 Å². The second-order valence-corrected chi connectivity index (χ2v) is 6.03. The highest BCUT2D eigenvalue weighted by molar-refractivity contribution is 7.80. The highest BCUT2D eigenvalue weighted by Gasteiger charge is 2.22. The van der Waals surface area contributed by atoms with Gasteiger partial charge in [-0.05, 0) is 19.1 Å². The zero-order chi connectivity index (χ0) is 17.1. The fourth-order valence-corrected chi connectivity index (χ4v) is 2.09. The second-order valence-electron chi connectivity index (χ2n) is 4.84. The molecule has 0 bridgehead atoms. The zero-order valence-electron chi connectivity index (χ0n) is 13.3. The molecule has 1 aromatic rings. The molecule has 0 unspecified atom stereocenters. The molecule has 6 heteroatoms. The van der Waals surface area contributed by atoms with Gasteiger partial charge >= 0.3 is 10.4 Å². The van der Waals surface area contributed by atoms with Crippen molar-refractivity contribution in [3.05, 3.63) is 61.2 Å². The van der Waals surface area contributed by atoms with Crippen LogP contribution in [-0.4, -0.2) is 44.2 Å². The molecule has 1 rings (SSSR count). The van der Waals surface area contributed by atoms with Gasteiger partial charge in [-0.3, -0.25) is 8.74 Å². The summed E-state index contributed by atoms with van der Waals surface area (Å²) in [6.07, 6.45) is 4.02. The summed E-state index contributed by atoms with van der Waals surface area (Å²) < 4.78 is 30.7. The quantitative estimate of drug-likeness (QED) is 0.453. The van der Waals surface area contributed by atoms with Crippen LogP contribution in [-0.2, 0) is 21.1 Å². The minimum Gasteiger partial charge on any atom is -0.314 e. The Kier molecular flexibility index (Phi) is 9.60. The van der Waals surface area contributed by atoms with Gasteiger partial charge in [-0.2, -0.15) is 8.42 Å². The molecule has 0 aliphatic rings. The first-order chi connectivity index (χ1) is 10.3. The molecule has 5 nitrogen and oxygen atoms in total. The van der Waals surface area contributed by atoms with Crippen LogP contribution in [0.15, 0.2) is 55.6 Å². The fourth-order valence-electron chi connectivity index (χ4n) is 2.09. The number of hydrogen-bond donors (Lipinski definition) is 1. The first-order valence-corrected chi connectivity index (χ1v) is 8.33. The SMILES string of the molecule is C=CC[N+](CC)(CC=C)Cc1ccccc1.COS(=O)(=O)O. The van der Waals surface area contributed by atoms with Crippen molar-refractivity contribution in [2.75, 3.05) is 26.7 Å². The van der Waals surface area contributed by atoms with Crippen LogP contribution in [0.2, 0.25) is 0 Å². The van der Waals surface area contributed by atoms with E-state index in [1.807, 2.05) is 12.2 Å². The highest BCUT2D eigenvalue weighted by Crippen LogP contribution is 2.14. The summed E-state index contributed by atoms with van der Waals surface area (Å²) in [7, 11) is -3.29. The molecule has 0 fully saturated rings. The third kappa shape index (κ3) is 8.74. The smallest absolute Gasteiger partial charge is 0.314 e. The Morgan fingerprint density at radius 1 is 1.18 bits per heavy atom. The summed E-state index contributed by atoms with van der Waals surface area (Å²) in [5.41, 5.74) is 1.38. The van der Waals surface area contributed by atoms with E-state index in [4.69, 9.17) is 4.55 Å². The van der Waals surface area contributed by atoms with Crippen LogP contribution in [0.25, 0.3) is 0 Å². The van der Waals surface area contributed by atoms with Crippen molar-refractivity contribution in [3.63, 3.8) is 0 Å². The summed E-state index contributed by atoms with van der Waals surface area (Å²) in [5, 5.41) is 0. The lowest BCUT2D eigenvalue weighted by atomic mass is 10.1. The summed E-state index contributed by atoms with van der Waals surface area (Å²) in [4.78, 5) is 0. The van der Waals surface area contributed by atoms with Crippen molar-refractivity contribution in [1.29, 1.82) is 0 Å². The van der Waals surface area contributed by atoms with Crippen LogP contribution in [0.1, 0.15) is 12.5 Å². The van der Waals surface area contributed by atoms with E-state index < -0.39 is 10.4 Å².